The average Bonchev–Trinajstić information content (AvgIpc) is 1.90. The Hall–Kier alpha value is -9.71. The first-order valence-electron chi connectivity index (χ1n) is 27.8. The molecular weight excluding hydrogens is 943 g/mol. The number of methoxy groups -OCH3 is 3. The summed E-state index contributed by atoms with van der Waals surface area (Å²) in [7, 11) is 5.20. The summed E-state index contributed by atoms with van der Waals surface area (Å²) in [6, 6.07) is 3.95. The van der Waals surface area contributed by atoms with Crippen molar-refractivity contribution in [3.63, 3.8) is 0 Å². The quantitative estimate of drug-likeness (QED) is 0.161. The van der Waals surface area contributed by atoms with Crippen LogP contribution < -0.4 is 14.2 Å². The van der Waals surface area contributed by atoms with E-state index in [1.54, 1.807) is 248 Å². The Balaban J connectivity index is 1.04. The van der Waals surface area contributed by atoms with E-state index in [1.807, 2.05) is 12.1 Å². The van der Waals surface area contributed by atoms with Gasteiger partial charge in [0.1, 0.15) is 22.7 Å². The number of nitrogens with zero attached hydrogens (tertiary/aromatic N) is 1. The van der Waals surface area contributed by atoms with Gasteiger partial charge in [-0.05, 0) is 314 Å². The van der Waals surface area contributed by atoms with E-state index in [1.165, 1.54) is 86.9 Å². The lowest BCUT2D eigenvalue weighted by Gasteiger charge is -2.47. The van der Waals surface area contributed by atoms with E-state index in [0.29, 0.717) is 17.2 Å². The van der Waals surface area contributed by atoms with Gasteiger partial charge in [0.05, 0.1) is 32.6 Å². The molecule has 0 unspecified atom stereocenters. The van der Waals surface area contributed by atoms with E-state index >= 15 is 0 Å². The molecule has 29 aromatic carbocycles. The summed E-state index contributed by atoms with van der Waals surface area (Å²) >= 11 is 0. The van der Waals surface area contributed by atoms with E-state index in [-0.39, 0.29) is 0 Å². The molecule has 0 radical (unpaired) electrons. The van der Waals surface area contributed by atoms with Crippen molar-refractivity contribution >= 4 is 303 Å². The summed E-state index contributed by atoms with van der Waals surface area (Å²) in [6.45, 7) is 0. The highest BCUT2D eigenvalue weighted by Crippen LogP contribution is 2.85. The molecule has 330 valence electrons. The van der Waals surface area contributed by atoms with Crippen LogP contribution in [-0.4, -0.2) is 27.0 Å². The maximum atomic E-state index is 8.14. The van der Waals surface area contributed by atoms with Gasteiger partial charge >= 0.3 is 0 Å². The number of ether oxygens (including phenoxy) is 3. The molecule has 0 N–H and O–H groups in total. The lowest BCUT2D eigenvalue weighted by atomic mass is 9.53. The highest BCUT2D eigenvalue weighted by atomic mass is 16.7. The van der Waals surface area contributed by atoms with E-state index < -0.39 is 11.0 Å². The van der Waals surface area contributed by atoms with Crippen molar-refractivity contribution in [1.29, 1.82) is 0 Å². The average molecular weight is 956 g/mol. The molecule has 4 aliphatic carbocycles. The first-order chi connectivity index (χ1) is 38.3. The van der Waals surface area contributed by atoms with E-state index in [4.69, 9.17) is 24.2 Å². The number of oxime groups is 1. The third-order valence-corrected chi connectivity index (χ3v) is 26.1. The van der Waals surface area contributed by atoms with E-state index in [9.17, 15) is 0 Å². The minimum Gasteiger partial charge on any atom is -0.496 e. The molecule has 0 atom stereocenters. The molecule has 0 saturated carbocycles. The number of hydrogen-bond donors (Lipinski definition) is 0. The molecule has 5 nitrogen and oxygen atoms in total. The molecule has 0 saturated heterocycles. The third-order valence-electron chi connectivity index (χ3n) is 26.1. The molecule has 77 heavy (non-hydrogen) atoms. The summed E-state index contributed by atoms with van der Waals surface area (Å²) in [5, 5.41) is 90.4. The molecule has 0 bridgehead atoms. The van der Waals surface area contributed by atoms with Crippen LogP contribution in [0.15, 0.2) is 23.4 Å². The van der Waals surface area contributed by atoms with Crippen molar-refractivity contribution in [2.75, 3.05) is 21.3 Å². The fraction of sp³-hybridized carbons (Fsp3) is 0.0694. The summed E-state index contributed by atoms with van der Waals surface area (Å²) in [4.78, 5) is 8.14. The minimum absolute atomic E-state index is 0.694. The second kappa shape index (κ2) is 7.04. The highest BCUT2D eigenvalue weighted by molar-refractivity contribution is 6.82. The summed E-state index contributed by atoms with van der Waals surface area (Å²) in [6.07, 6.45) is 4.57. The zero-order valence-electron chi connectivity index (χ0n) is 39.9. The lowest BCUT2D eigenvalue weighted by molar-refractivity contribution is -0.0122. The zero-order chi connectivity index (χ0) is 46.7. The van der Waals surface area contributed by atoms with Gasteiger partial charge in [0.15, 0.2) is 0 Å². The highest BCUT2D eigenvalue weighted by Gasteiger charge is 2.76. The van der Waals surface area contributed by atoms with Gasteiger partial charge in [0.25, 0.3) is 0 Å². The molecule has 5 heteroatoms. The number of allylic oxidation sites excluding steroid dienone is 1. The molecule has 0 amide bonds. The van der Waals surface area contributed by atoms with Crippen LogP contribution in [0.1, 0.15) is 27.8 Å². The lowest BCUT2D eigenvalue weighted by Crippen LogP contribution is -2.53. The van der Waals surface area contributed by atoms with Gasteiger partial charge in [-0.1, -0.05) is 5.16 Å². The SMILES string of the molecule is COc1cc(OC)c(/C=C/C2=NOC34c5c6c7c8c9c%10c(c%11c%12c3c3c5c5c%13c6c6c7c7c9c9c%14c%10c%10c%11c%11c%12c%12c3c3c5c5c%13c%13c6c6c7c9c7c9c%14c%10c%10c%11c%11c%12c3c3c5c5c%13c6c7c6c9c%10c%11c3c56)C284)c(OC)c1. The van der Waals surface area contributed by atoms with Crippen LogP contribution in [0.2, 0.25) is 0 Å². The first-order valence-corrected chi connectivity index (χ1v) is 27.8. The monoisotopic (exact) mass is 955 g/mol. The van der Waals surface area contributed by atoms with Gasteiger partial charge in [-0.15, -0.1) is 0 Å². The largest absolute Gasteiger partial charge is 0.496 e. The summed E-state index contributed by atoms with van der Waals surface area (Å²) in [5.41, 5.74) is 5.97. The molecule has 5 aliphatic rings. The molecule has 2 spiro atoms. The predicted octanol–water partition coefficient (Wildman–Crippen LogP) is 18.4. The van der Waals surface area contributed by atoms with E-state index in [0.717, 1.165) is 11.3 Å². The second-order valence-electron chi connectivity index (χ2n) is 26.5. The number of benzene rings is 19. The van der Waals surface area contributed by atoms with Crippen molar-refractivity contribution in [3.8, 4) is 17.2 Å². The zero-order valence-corrected chi connectivity index (χ0v) is 39.9. The van der Waals surface area contributed by atoms with Gasteiger partial charge in [-0.3, -0.25) is 0 Å². The Kier molecular flexibility index (Phi) is 2.74. The minimum atomic E-state index is -0.938. The van der Waals surface area contributed by atoms with Crippen molar-refractivity contribution in [1.82, 2.24) is 0 Å². The van der Waals surface area contributed by atoms with Crippen LogP contribution >= 0.6 is 0 Å². The van der Waals surface area contributed by atoms with Gasteiger partial charge < -0.3 is 19.0 Å². The van der Waals surface area contributed by atoms with Crippen molar-refractivity contribution in [2.45, 2.75) is 11.0 Å². The molecule has 1 aliphatic heterocycles. The molecule has 0 aromatic heterocycles. The second-order valence-corrected chi connectivity index (χ2v) is 26.5. The van der Waals surface area contributed by atoms with Gasteiger partial charge in [0.2, 0.25) is 5.60 Å². The Labute approximate surface area is 420 Å². The molecule has 29 aromatic rings. The first kappa shape index (κ1) is 30.0. The summed E-state index contributed by atoms with van der Waals surface area (Å²) in [5.74, 6) is 2.09. The molecule has 34 rings (SSSR count). The van der Waals surface area contributed by atoms with Crippen LogP contribution in [0.25, 0.3) is 297 Å². The molecular formula is C72H13NO4. The van der Waals surface area contributed by atoms with Crippen LogP contribution in [0.3, 0.4) is 0 Å². The fourth-order valence-electron chi connectivity index (χ4n) is 25.5. The van der Waals surface area contributed by atoms with E-state index in [2.05, 4.69) is 12.2 Å². The smallest absolute Gasteiger partial charge is 0.209 e. The van der Waals surface area contributed by atoms with Crippen molar-refractivity contribution in [3.05, 3.63) is 46.0 Å². The Bertz CT molecular complexity index is 7560. The van der Waals surface area contributed by atoms with Crippen LogP contribution in [0.4, 0.5) is 0 Å². The maximum Gasteiger partial charge on any atom is 0.209 e. The molecule has 0 fully saturated rings. The van der Waals surface area contributed by atoms with Gasteiger partial charge in [-0.25, -0.2) is 0 Å². The Morgan fingerprint density at radius 3 is 0.727 bits per heavy atom. The molecule has 1 heterocycles. The maximum absolute atomic E-state index is 8.14. The van der Waals surface area contributed by atoms with Crippen LogP contribution in [0.5, 0.6) is 17.2 Å². The topological polar surface area (TPSA) is 49.3 Å². The van der Waals surface area contributed by atoms with Crippen molar-refractivity contribution < 1.29 is 19.0 Å². The predicted molar refractivity (Wildman–Crippen MR) is 318 cm³/mol. The Morgan fingerprint density at radius 2 is 0.506 bits per heavy atom. The van der Waals surface area contributed by atoms with Crippen LogP contribution in [-0.2, 0) is 15.9 Å². The normalized spacial score (nSPS) is 21.4. The van der Waals surface area contributed by atoms with Crippen LogP contribution in [0, 0.1) is 0 Å². The number of rotatable bonds is 5. The number of hydrogen-bond acceptors (Lipinski definition) is 5. The third kappa shape index (κ3) is 1.69. The van der Waals surface area contributed by atoms with Crippen molar-refractivity contribution in [2.24, 2.45) is 5.16 Å². The summed E-state index contributed by atoms with van der Waals surface area (Å²) < 4.78 is 18.2. The Morgan fingerprint density at radius 1 is 0.286 bits per heavy atom. The fourth-order valence-corrected chi connectivity index (χ4v) is 25.5. The van der Waals surface area contributed by atoms with Gasteiger partial charge in [-0.2, -0.15) is 0 Å². The standard InChI is InChI=1S/C72H13NO4/c1-74-8-6-10(75-2)9(11(7-8)76-3)4-5-12-71-67-59-51-41-31-23-15-13-14-17-21-19(15)27-35-29(21)39-33-25(17)26-18(14)22-20-16(13)24(23)32-38-28(20)36-30(22)40-34(26)44-43(33)55-49(39)57-47(35)53(45(51)37(27)31)61(67)63(57)69-65(55)66-56(44)50(40)58-48(36)54-46(38)52(42(32)41)60(59)68(71)62(54)64(58)70(66)72(69,71)77-73-12/h4-7H,1-3H3/b5-4+. The van der Waals surface area contributed by atoms with Gasteiger partial charge in [0, 0.05) is 23.3 Å².